The molecule has 4 rings (SSSR count). The van der Waals surface area contributed by atoms with Gasteiger partial charge in [-0.05, 0) is 47.8 Å². The van der Waals surface area contributed by atoms with E-state index in [1.165, 1.54) is 24.0 Å². The number of pyridine rings is 1. The molecule has 1 aliphatic heterocycles. The number of nitrogens with one attached hydrogen (secondary N) is 1. The molecule has 0 radical (unpaired) electrons. The molecule has 2 fully saturated rings. The van der Waals surface area contributed by atoms with Crippen molar-refractivity contribution < 1.29 is 9.53 Å². The molecule has 4 heteroatoms. The molecule has 152 valence electrons. The minimum atomic E-state index is 0.0377. The molecule has 1 aromatic heterocycles. The fourth-order valence-electron chi connectivity index (χ4n) is 3.91. The Bertz CT molecular complexity index is 934. The van der Waals surface area contributed by atoms with E-state index in [4.69, 9.17) is 9.72 Å². The lowest BCUT2D eigenvalue weighted by atomic mass is 9.86. The Morgan fingerprint density at radius 2 is 1.83 bits per heavy atom. The minimum absolute atomic E-state index is 0.0377. The average molecular weight is 391 g/mol. The van der Waals surface area contributed by atoms with E-state index in [2.05, 4.69) is 68.6 Å². The van der Waals surface area contributed by atoms with E-state index in [0.717, 1.165) is 29.1 Å². The van der Waals surface area contributed by atoms with Gasteiger partial charge in [-0.1, -0.05) is 57.2 Å². The Kier molecular flexibility index (Phi) is 5.20. The summed E-state index contributed by atoms with van der Waals surface area (Å²) in [6.07, 6.45) is 5.97. The SMILES string of the molecule is COc1nc(C(=C[C@H]2CCC(=O)N2)c2ccc(C(C)(C)C)cc2)ccc1C1CC1. The lowest BCUT2D eigenvalue weighted by molar-refractivity contribution is -0.119. The van der Waals surface area contributed by atoms with E-state index in [0.29, 0.717) is 12.3 Å². The predicted molar refractivity (Wildman–Crippen MR) is 116 cm³/mol. The van der Waals surface area contributed by atoms with Crippen LogP contribution in [0, 0.1) is 0 Å². The smallest absolute Gasteiger partial charge is 0.220 e. The number of amides is 1. The molecule has 0 bridgehead atoms. The number of hydrogen-bond donors (Lipinski definition) is 1. The van der Waals surface area contributed by atoms with E-state index in [9.17, 15) is 4.79 Å². The van der Waals surface area contributed by atoms with Crippen LogP contribution in [-0.2, 0) is 10.2 Å². The Morgan fingerprint density at radius 1 is 1.10 bits per heavy atom. The summed E-state index contributed by atoms with van der Waals surface area (Å²) in [5, 5.41) is 3.05. The van der Waals surface area contributed by atoms with Crippen molar-refractivity contribution in [3.05, 3.63) is 64.9 Å². The zero-order chi connectivity index (χ0) is 20.6. The number of carbonyl (C=O) groups excluding carboxylic acids is 1. The maximum atomic E-state index is 11.7. The Morgan fingerprint density at radius 3 is 2.38 bits per heavy atom. The third kappa shape index (κ3) is 4.36. The van der Waals surface area contributed by atoms with Gasteiger partial charge in [0.05, 0.1) is 12.8 Å². The third-order valence-electron chi connectivity index (χ3n) is 5.83. The Hall–Kier alpha value is -2.62. The largest absolute Gasteiger partial charge is 0.481 e. The van der Waals surface area contributed by atoms with Crippen LogP contribution in [0.1, 0.15) is 74.8 Å². The van der Waals surface area contributed by atoms with Crippen molar-refractivity contribution in [2.75, 3.05) is 7.11 Å². The summed E-state index contributed by atoms with van der Waals surface area (Å²) >= 11 is 0. The van der Waals surface area contributed by atoms with Gasteiger partial charge in [0.25, 0.3) is 0 Å². The topological polar surface area (TPSA) is 51.2 Å². The maximum Gasteiger partial charge on any atom is 0.220 e. The summed E-state index contributed by atoms with van der Waals surface area (Å²) in [5.41, 5.74) is 5.63. The average Bonchev–Trinajstić information content (AvgIpc) is 3.46. The van der Waals surface area contributed by atoms with Gasteiger partial charge in [-0.2, -0.15) is 0 Å². The van der Waals surface area contributed by atoms with E-state index in [1.807, 2.05) is 0 Å². The molecule has 2 aliphatic rings. The number of rotatable bonds is 5. The second kappa shape index (κ2) is 7.66. The molecule has 4 nitrogen and oxygen atoms in total. The summed E-state index contributed by atoms with van der Waals surface area (Å²) < 4.78 is 5.62. The van der Waals surface area contributed by atoms with Crippen LogP contribution < -0.4 is 10.1 Å². The Labute approximate surface area is 173 Å². The number of ether oxygens (including phenoxy) is 1. The molecule has 1 saturated carbocycles. The number of methoxy groups -OCH3 is 1. The van der Waals surface area contributed by atoms with E-state index in [-0.39, 0.29) is 17.4 Å². The highest BCUT2D eigenvalue weighted by Crippen LogP contribution is 2.44. The van der Waals surface area contributed by atoms with Gasteiger partial charge < -0.3 is 10.1 Å². The molecule has 1 saturated heterocycles. The number of aromatic nitrogens is 1. The van der Waals surface area contributed by atoms with Crippen LogP contribution in [0.25, 0.3) is 5.57 Å². The molecule has 2 aromatic rings. The molecule has 1 aliphatic carbocycles. The zero-order valence-corrected chi connectivity index (χ0v) is 17.8. The second-order valence-electron chi connectivity index (χ2n) is 9.19. The molecule has 0 spiro atoms. The van der Waals surface area contributed by atoms with Gasteiger partial charge in [0.15, 0.2) is 0 Å². The first-order chi connectivity index (χ1) is 13.8. The first-order valence-electron chi connectivity index (χ1n) is 10.5. The van der Waals surface area contributed by atoms with Crippen LogP contribution in [0.4, 0.5) is 0 Å². The minimum Gasteiger partial charge on any atom is -0.481 e. The van der Waals surface area contributed by atoms with Gasteiger partial charge in [-0.25, -0.2) is 4.98 Å². The van der Waals surface area contributed by atoms with Crippen LogP contribution in [0.2, 0.25) is 0 Å². The lowest BCUT2D eigenvalue weighted by Crippen LogP contribution is -2.23. The van der Waals surface area contributed by atoms with Gasteiger partial charge in [0, 0.05) is 23.6 Å². The third-order valence-corrected chi connectivity index (χ3v) is 5.83. The van der Waals surface area contributed by atoms with E-state index >= 15 is 0 Å². The number of benzene rings is 1. The van der Waals surface area contributed by atoms with Gasteiger partial charge in [0.2, 0.25) is 11.8 Å². The second-order valence-corrected chi connectivity index (χ2v) is 9.19. The van der Waals surface area contributed by atoms with Crippen LogP contribution >= 0.6 is 0 Å². The van der Waals surface area contributed by atoms with Crippen molar-refractivity contribution >= 4 is 11.5 Å². The molecule has 1 atom stereocenters. The molecular formula is C25H30N2O2. The Balaban J connectivity index is 1.74. The summed E-state index contributed by atoms with van der Waals surface area (Å²) in [7, 11) is 1.69. The number of nitrogens with zero attached hydrogens (tertiary/aromatic N) is 1. The van der Waals surface area contributed by atoms with Crippen molar-refractivity contribution in [2.24, 2.45) is 0 Å². The van der Waals surface area contributed by atoms with Crippen molar-refractivity contribution in [3.8, 4) is 5.88 Å². The molecule has 2 heterocycles. The highest BCUT2D eigenvalue weighted by molar-refractivity contribution is 5.82. The molecule has 1 amide bonds. The van der Waals surface area contributed by atoms with Crippen molar-refractivity contribution in [1.29, 1.82) is 0 Å². The summed E-state index contributed by atoms with van der Waals surface area (Å²) in [6.45, 7) is 6.65. The zero-order valence-electron chi connectivity index (χ0n) is 17.8. The monoisotopic (exact) mass is 390 g/mol. The molecular weight excluding hydrogens is 360 g/mol. The number of hydrogen-bond acceptors (Lipinski definition) is 3. The van der Waals surface area contributed by atoms with Gasteiger partial charge in [-0.3, -0.25) is 4.79 Å². The fraction of sp³-hybridized carbons (Fsp3) is 0.440. The fourth-order valence-corrected chi connectivity index (χ4v) is 3.91. The first kappa shape index (κ1) is 19.7. The van der Waals surface area contributed by atoms with Gasteiger partial charge in [0.1, 0.15) is 0 Å². The van der Waals surface area contributed by atoms with E-state index < -0.39 is 0 Å². The summed E-state index contributed by atoms with van der Waals surface area (Å²) in [5.74, 6) is 1.42. The van der Waals surface area contributed by atoms with Crippen molar-refractivity contribution in [2.45, 2.75) is 63.8 Å². The van der Waals surface area contributed by atoms with Crippen LogP contribution in [0.15, 0.2) is 42.5 Å². The normalized spacial score (nSPS) is 19.9. The quantitative estimate of drug-likeness (QED) is 0.784. The molecule has 29 heavy (non-hydrogen) atoms. The summed E-state index contributed by atoms with van der Waals surface area (Å²) in [6, 6.07) is 13.0. The summed E-state index contributed by atoms with van der Waals surface area (Å²) in [4.78, 5) is 16.6. The first-order valence-corrected chi connectivity index (χ1v) is 10.5. The highest BCUT2D eigenvalue weighted by atomic mass is 16.5. The standard InChI is InChI=1S/C25H30N2O2/c1-25(2,3)18-9-7-17(8-10-18)21(15-19-11-14-23(28)26-19)22-13-12-20(16-5-6-16)24(27-22)29-4/h7-10,12-13,15-16,19H,5-6,11,14H2,1-4H3,(H,26,28)/t19-/m1/s1. The molecule has 0 unspecified atom stereocenters. The molecule has 1 N–H and O–H groups in total. The van der Waals surface area contributed by atoms with Crippen LogP contribution in [0.3, 0.4) is 0 Å². The predicted octanol–water partition coefficient (Wildman–Crippen LogP) is 4.98. The lowest BCUT2D eigenvalue weighted by Gasteiger charge is -2.20. The maximum absolute atomic E-state index is 11.7. The van der Waals surface area contributed by atoms with Crippen LogP contribution in [-0.4, -0.2) is 24.0 Å². The highest BCUT2D eigenvalue weighted by Gasteiger charge is 2.28. The molecule has 1 aromatic carbocycles. The van der Waals surface area contributed by atoms with Crippen molar-refractivity contribution in [3.63, 3.8) is 0 Å². The van der Waals surface area contributed by atoms with Crippen molar-refractivity contribution in [1.82, 2.24) is 10.3 Å². The number of carbonyl (C=O) groups is 1. The van der Waals surface area contributed by atoms with Gasteiger partial charge in [-0.15, -0.1) is 0 Å². The van der Waals surface area contributed by atoms with Crippen LogP contribution in [0.5, 0.6) is 5.88 Å². The van der Waals surface area contributed by atoms with E-state index in [1.54, 1.807) is 7.11 Å². The van der Waals surface area contributed by atoms with Gasteiger partial charge >= 0.3 is 0 Å².